The molecule has 0 N–H and O–H groups in total. The number of hydrogen-bond acceptors (Lipinski definition) is 3. The first-order chi connectivity index (χ1) is 11.6. The molecule has 1 amide bonds. The summed E-state index contributed by atoms with van der Waals surface area (Å²) in [4.78, 5) is 19.5. The molecule has 1 unspecified atom stereocenters. The van der Waals surface area contributed by atoms with Gasteiger partial charge >= 0.3 is 0 Å². The number of aryl methyl sites for hydroxylation is 2. The van der Waals surface area contributed by atoms with Crippen LogP contribution in [0.1, 0.15) is 66.1 Å². The maximum absolute atomic E-state index is 12.8. The van der Waals surface area contributed by atoms with E-state index in [2.05, 4.69) is 16.6 Å². The van der Waals surface area contributed by atoms with Gasteiger partial charge in [0.1, 0.15) is 11.5 Å². The van der Waals surface area contributed by atoms with Crippen molar-refractivity contribution >= 4 is 5.91 Å². The highest BCUT2D eigenvalue weighted by Crippen LogP contribution is 2.38. The van der Waals surface area contributed by atoms with Gasteiger partial charge in [-0.1, -0.05) is 6.42 Å². The predicted molar refractivity (Wildman–Crippen MR) is 90.9 cm³/mol. The summed E-state index contributed by atoms with van der Waals surface area (Å²) in [6.45, 7) is 3.73. The zero-order chi connectivity index (χ0) is 16.7. The molecule has 1 atom stereocenters. The molecule has 2 aromatic heterocycles. The Morgan fingerprint density at radius 3 is 2.75 bits per heavy atom. The first kappa shape index (κ1) is 15.4. The van der Waals surface area contributed by atoms with Crippen LogP contribution < -0.4 is 0 Å². The quantitative estimate of drug-likeness (QED) is 0.871. The highest BCUT2D eigenvalue weighted by Gasteiger charge is 2.31. The van der Waals surface area contributed by atoms with Crippen molar-refractivity contribution in [3.63, 3.8) is 0 Å². The molecule has 2 fully saturated rings. The minimum absolute atomic E-state index is 0.0858. The van der Waals surface area contributed by atoms with Gasteiger partial charge in [0.2, 0.25) is 0 Å². The lowest BCUT2D eigenvalue weighted by atomic mass is 9.84. The second-order valence-electron chi connectivity index (χ2n) is 7.14. The summed E-state index contributed by atoms with van der Waals surface area (Å²) in [7, 11) is 1.82. The van der Waals surface area contributed by atoms with E-state index in [0.29, 0.717) is 17.7 Å². The zero-order valence-corrected chi connectivity index (χ0v) is 14.5. The Morgan fingerprint density at radius 1 is 1.25 bits per heavy atom. The summed E-state index contributed by atoms with van der Waals surface area (Å²) in [5, 5.41) is 4.13. The molecular formula is C18H25N5O. The molecule has 4 rings (SSSR count). The monoisotopic (exact) mass is 327 g/mol. The molecular weight excluding hydrogens is 302 g/mol. The van der Waals surface area contributed by atoms with E-state index in [4.69, 9.17) is 4.98 Å². The van der Waals surface area contributed by atoms with Gasteiger partial charge in [-0.05, 0) is 38.7 Å². The van der Waals surface area contributed by atoms with Crippen molar-refractivity contribution in [3.8, 4) is 0 Å². The summed E-state index contributed by atoms with van der Waals surface area (Å²) in [5.74, 6) is 1.93. The first-order valence-corrected chi connectivity index (χ1v) is 8.96. The van der Waals surface area contributed by atoms with Crippen molar-refractivity contribution in [2.45, 2.75) is 51.0 Å². The van der Waals surface area contributed by atoms with Crippen molar-refractivity contribution in [1.82, 2.24) is 24.2 Å². The lowest BCUT2D eigenvalue weighted by Gasteiger charge is -2.36. The standard InChI is InChI=1S/C18H25N5O/c1-13-11-19-17(14-5-3-6-14)23(13)15-7-4-10-22(12-15)18(24)16-8-9-20-21(16)2/h8-9,11,14-15H,3-7,10,12H2,1-2H3. The molecule has 0 bridgehead atoms. The van der Waals surface area contributed by atoms with Crippen LogP contribution in [-0.4, -0.2) is 43.2 Å². The number of likely N-dealkylation sites (tertiary alicyclic amines) is 1. The van der Waals surface area contributed by atoms with Crippen molar-refractivity contribution in [1.29, 1.82) is 0 Å². The summed E-state index contributed by atoms with van der Waals surface area (Å²) >= 11 is 0. The minimum atomic E-state index is 0.0858. The van der Waals surface area contributed by atoms with Crippen LogP contribution in [0.25, 0.3) is 0 Å². The van der Waals surface area contributed by atoms with E-state index >= 15 is 0 Å². The van der Waals surface area contributed by atoms with Gasteiger partial charge < -0.3 is 9.47 Å². The SMILES string of the molecule is Cc1cnc(C2CCC2)n1C1CCCN(C(=O)c2ccnn2C)C1. The van der Waals surface area contributed by atoms with E-state index in [-0.39, 0.29) is 5.91 Å². The third kappa shape index (κ3) is 2.54. The molecule has 1 aliphatic heterocycles. The molecule has 128 valence electrons. The number of aromatic nitrogens is 4. The highest BCUT2D eigenvalue weighted by molar-refractivity contribution is 5.92. The summed E-state index contributed by atoms with van der Waals surface area (Å²) in [6, 6.07) is 2.14. The van der Waals surface area contributed by atoms with Crippen molar-refractivity contribution in [3.05, 3.63) is 35.7 Å². The molecule has 24 heavy (non-hydrogen) atoms. The summed E-state index contributed by atoms with van der Waals surface area (Å²) in [6.07, 6.45) is 9.65. The van der Waals surface area contributed by atoms with E-state index in [9.17, 15) is 4.79 Å². The molecule has 3 heterocycles. The Hall–Kier alpha value is -2.11. The fourth-order valence-electron chi connectivity index (χ4n) is 4.00. The number of nitrogens with zero attached hydrogens (tertiary/aromatic N) is 5. The average Bonchev–Trinajstić information content (AvgIpc) is 3.11. The Kier molecular flexibility index (Phi) is 3.90. The van der Waals surface area contributed by atoms with E-state index in [0.717, 1.165) is 25.9 Å². The van der Waals surface area contributed by atoms with Gasteiger partial charge in [-0.25, -0.2) is 4.98 Å². The van der Waals surface area contributed by atoms with Gasteiger partial charge in [0.25, 0.3) is 5.91 Å². The third-order valence-corrected chi connectivity index (χ3v) is 5.57. The van der Waals surface area contributed by atoms with Crippen LogP contribution in [0.5, 0.6) is 0 Å². The molecule has 1 aliphatic carbocycles. The van der Waals surface area contributed by atoms with Crippen molar-refractivity contribution in [2.75, 3.05) is 13.1 Å². The van der Waals surface area contributed by atoms with Gasteiger partial charge in [0, 0.05) is 44.1 Å². The molecule has 2 aromatic rings. The molecule has 0 spiro atoms. The van der Waals surface area contributed by atoms with Gasteiger partial charge in [-0.3, -0.25) is 9.48 Å². The van der Waals surface area contributed by atoms with Crippen LogP contribution in [0.3, 0.4) is 0 Å². The van der Waals surface area contributed by atoms with E-state index in [1.165, 1.54) is 30.8 Å². The second kappa shape index (κ2) is 6.07. The largest absolute Gasteiger partial charge is 0.335 e. The highest BCUT2D eigenvalue weighted by atomic mass is 16.2. The Bertz CT molecular complexity index is 742. The maximum atomic E-state index is 12.8. The smallest absolute Gasteiger partial charge is 0.272 e. The van der Waals surface area contributed by atoms with Gasteiger partial charge in [0.05, 0.1) is 6.04 Å². The molecule has 1 saturated carbocycles. The predicted octanol–water partition coefficient (Wildman–Crippen LogP) is 2.67. The van der Waals surface area contributed by atoms with Gasteiger partial charge in [0.15, 0.2) is 0 Å². The number of imidazole rings is 1. The lowest BCUT2D eigenvalue weighted by Crippen LogP contribution is -2.42. The first-order valence-electron chi connectivity index (χ1n) is 8.96. The average molecular weight is 327 g/mol. The summed E-state index contributed by atoms with van der Waals surface area (Å²) in [5.41, 5.74) is 1.88. The van der Waals surface area contributed by atoms with Crippen LogP contribution >= 0.6 is 0 Å². The van der Waals surface area contributed by atoms with Crippen LogP contribution in [0.15, 0.2) is 18.5 Å². The molecule has 0 aromatic carbocycles. The number of carbonyl (C=O) groups is 1. The van der Waals surface area contributed by atoms with E-state index in [1.54, 1.807) is 16.9 Å². The van der Waals surface area contributed by atoms with Gasteiger partial charge in [-0.15, -0.1) is 0 Å². The fraction of sp³-hybridized carbons (Fsp3) is 0.611. The van der Waals surface area contributed by atoms with E-state index in [1.807, 2.05) is 18.1 Å². The normalized spacial score (nSPS) is 21.8. The Morgan fingerprint density at radius 2 is 2.08 bits per heavy atom. The zero-order valence-electron chi connectivity index (χ0n) is 14.5. The van der Waals surface area contributed by atoms with Crippen LogP contribution in [0.4, 0.5) is 0 Å². The number of carbonyl (C=O) groups excluding carboxylic acids is 1. The van der Waals surface area contributed by atoms with Crippen molar-refractivity contribution < 1.29 is 4.79 Å². The molecule has 1 saturated heterocycles. The molecule has 2 aliphatic rings. The molecule has 0 radical (unpaired) electrons. The third-order valence-electron chi connectivity index (χ3n) is 5.57. The number of rotatable bonds is 3. The topological polar surface area (TPSA) is 56.0 Å². The fourth-order valence-corrected chi connectivity index (χ4v) is 4.00. The Balaban J connectivity index is 1.56. The van der Waals surface area contributed by atoms with E-state index < -0.39 is 0 Å². The molecule has 6 heteroatoms. The number of piperidine rings is 1. The van der Waals surface area contributed by atoms with Crippen molar-refractivity contribution in [2.24, 2.45) is 7.05 Å². The maximum Gasteiger partial charge on any atom is 0.272 e. The van der Waals surface area contributed by atoms with Crippen LogP contribution in [0.2, 0.25) is 0 Å². The van der Waals surface area contributed by atoms with Gasteiger partial charge in [-0.2, -0.15) is 5.10 Å². The van der Waals surface area contributed by atoms with Crippen LogP contribution in [-0.2, 0) is 7.05 Å². The number of hydrogen-bond donors (Lipinski definition) is 0. The summed E-state index contributed by atoms with van der Waals surface area (Å²) < 4.78 is 4.07. The van der Waals surface area contributed by atoms with Crippen LogP contribution in [0, 0.1) is 6.92 Å². The Labute approximate surface area is 142 Å². The lowest BCUT2D eigenvalue weighted by molar-refractivity contribution is 0.0664. The molecule has 6 nitrogen and oxygen atoms in total. The minimum Gasteiger partial charge on any atom is -0.335 e. The second-order valence-corrected chi connectivity index (χ2v) is 7.14. The number of amides is 1.